The van der Waals surface area contributed by atoms with E-state index in [0.29, 0.717) is 18.5 Å². The van der Waals surface area contributed by atoms with Gasteiger partial charge in [0, 0.05) is 44.3 Å². The van der Waals surface area contributed by atoms with E-state index < -0.39 is 0 Å². The van der Waals surface area contributed by atoms with Gasteiger partial charge in [0.15, 0.2) is 0 Å². The summed E-state index contributed by atoms with van der Waals surface area (Å²) in [6.07, 6.45) is 7.16. The molecular weight excluding hydrogens is 336 g/mol. The lowest BCUT2D eigenvalue weighted by molar-refractivity contribution is -0.131. The van der Waals surface area contributed by atoms with E-state index in [0.717, 1.165) is 50.3 Å². The minimum atomic E-state index is 0.226. The van der Waals surface area contributed by atoms with E-state index in [1.165, 1.54) is 6.42 Å². The molecule has 0 atom stereocenters. The van der Waals surface area contributed by atoms with E-state index in [2.05, 4.69) is 38.3 Å². The third kappa shape index (κ3) is 4.30. The molecule has 0 bridgehead atoms. The van der Waals surface area contributed by atoms with E-state index in [9.17, 15) is 4.79 Å². The predicted molar refractivity (Wildman–Crippen MR) is 107 cm³/mol. The van der Waals surface area contributed by atoms with Crippen LogP contribution in [0.2, 0.25) is 0 Å². The molecule has 2 aromatic rings. The number of carbonyl (C=O) groups is 1. The van der Waals surface area contributed by atoms with Crippen molar-refractivity contribution in [2.24, 2.45) is 5.41 Å². The Labute approximate surface area is 161 Å². The highest BCUT2D eigenvalue weighted by molar-refractivity contribution is 5.81. The van der Waals surface area contributed by atoms with Gasteiger partial charge in [-0.1, -0.05) is 24.3 Å². The van der Waals surface area contributed by atoms with Crippen molar-refractivity contribution in [1.82, 2.24) is 15.2 Å². The fourth-order valence-electron chi connectivity index (χ4n) is 4.31. The number of nitrogens with one attached hydrogen (secondary N) is 1. The molecular formula is C22H28N4O. The van der Waals surface area contributed by atoms with Gasteiger partial charge in [-0.3, -0.25) is 9.78 Å². The minimum Gasteiger partial charge on any atom is -0.358 e. The molecule has 2 aliphatic heterocycles. The van der Waals surface area contributed by atoms with Crippen LogP contribution in [0.15, 0.2) is 54.9 Å². The molecule has 1 amide bonds. The van der Waals surface area contributed by atoms with Gasteiger partial charge in [-0.25, -0.2) is 0 Å². The van der Waals surface area contributed by atoms with Gasteiger partial charge < -0.3 is 15.1 Å². The summed E-state index contributed by atoms with van der Waals surface area (Å²) < 4.78 is 0. The zero-order chi connectivity index (χ0) is 18.5. The van der Waals surface area contributed by atoms with Crippen molar-refractivity contribution < 1.29 is 4.79 Å². The van der Waals surface area contributed by atoms with E-state index >= 15 is 0 Å². The summed E-state index contributed by atoms with van der Waals surface area (Å²) in [5.74, 6) is 0.226. The minimum absolute atomic E-state index is 0.226. The molecule has 2 aliphatic rings. The summed E-state index contributed by atoms with van der Waals surface area (Å²) >= 11 is 0. The van der Waals surface area contributed by atoms with Crippen LogP contribution in [0.5, 0.6) is 0 Å². The van der Waals surface area contributed by atoms with Gasteiger partial charge in [0.25, 0.3) is 0 Å². The van der Waals surface area contributed by atoms with Gasteiger partial charge in [-0.2, -0.15) is 0 Å². The van der Waals surface area contributed by atoms with Crippen LogP contribution in [0, 0.1) is 5.41 Å². The molecule has 142 valence electrons. The van der Waals surface area contributed by atoms with Crippen LogP contribution in [-0.4, -0.2) is 48.5 Å². The second kappa shape index (κ2) is 8.09. The Morgan fingerprint density at radius 1 is 1.11 bits per heavy atom. The van der Waals surface area contributed by atoms with Crippen LogP contribution in [-0.2, 0) is 11.3 Å². The first-order valence-electron chi connectivity index (χ1n) is 9.92. The Kier molecular flexibility index (Phi) is 5.39. The number of likely N-dealkylation sites (tertiary alicyclic amines) is 1. The van der Waals surface area contributed by atoms with E-state index in [4.69, 9.17) is 0 Å². The van der Waals surface area contributed by atoms with Crippen molar-refractivity contribution in [1.29, 1.82) is 0 Å². The molecule has 0 saturated carbocycles. The Hall–Kier alpha value is -2.40. The molecule has 27 heavy (non-hydrogen) atoms. The number of anilines is 1. The summed E-state index contributed by atoms with van der Waals surface area (Å²) in [7, 11) is 0. The van der Waals surface area contributed by atoms with Crippen molar-refractivity contribution >= 4 is 11.6 Å². The zero-order valence-electron chi connectivity index (χ0n) is 15.8. The third-order valence-electron chi connectivity index (χ3n) is 6.05. The summed E-state index contributed by atoms with van der Waals surface area (Å²) in [6, 6.07) is 14.2. The number of piperidine rings is 1. The predicted octanol–water partition coefficient (Wildman–Crippen LogP) is 2.69. The fraction of sp³-hybridized carbons (Fsp3) is 0.455. The number of benzene rings is 1. The van der Waals surface area contributed by atoms with Crippen molar-refractivity contribution in [3.05, 3.63) is 60.4 Å². The molecule has 0 radical (unpaired) electrons. The quantitative estimate of drug-likeness (QED) is 0.886. The van der Waals surface area contributed by atoms with E-state index in [1.54, 1.807) is 6.20 Å². The maximum atomic E-state index is 13.0. The number of amides is 1. The second-order valence-electron chi connectivity index (χ2n) is 7.86. The summed E-state index contributed by atoms with van der Waals surface area (Å²) in [4.78, 5) is 21.5. The normalized spacial score (nSPS) is 18.6. The van der Waals surface area contributed by atoms with Gasteiger partial charge >= 0.3 is 0 Å². The SMILES string of the molecule is O=C(CN(Cc1cccnc1)c1ccccc1)N1CCC2(CCNC2)CC1. The highest BCUT2D eigenvalue weighted by Gasteiger charge is 2.38. The third-order valence-corrected chi connectivity index (χ3v) is 6.05. The highest BCUT2D eigenvalue weighted by atomic mass is 16.2. The smallest absolute Gasteiger partial charge is 0.242 e. The molecule has 5 heteroatoms. The molecule has 2 saturated heterocycles. The largest absolute Gasteiger partial charge is 0.358 e. The number of nitrogens with zero attached hydrogens (tertiary/aromatic N) is 3. The topological polar surface area (TPSA) is 48.5 Å². The van der Waals surface area contributed by atoms with Crippen molar-refractivity contribution in [3.8, 4) is 0 Å². The van der Waals surface area contributed by atoms with Crippen molar-refractivity contribution in [2.45, 2.75) is 25.8 Å². The summed E-state index contributed by atoms with van der Waals surface area (Å²) in [5, 5.41) is 3.49. The van der Waals surface area contributed by atoms with Gasteiger partial charge in [-0.15, -0.1) is 0 Å². The summed E-state index contributed by atoms with van der Waals surface area (Å²) in [6.45, 7) is 5.11. The zero-order valence-corrected chi connectivity index (χ0v) is 15.8. The first-order chi connectivity index (χ1) is 13.2. The van der Waals surface area contributed by atoms with Gasteiger partial charge in [-0.05, 0) is 55.0 Å². The van der Waals surface area contributed by atoms with Crippen LogP contribution < -0.4 is 10.2 Å². The first-order valence-corrected chi connectivity index (χ1v) is 9.92. The highest BCUT2D eigenvalue weighted by Crippen LogP contribution is 2.36. The number of carbonyl (C=O) groups excluding carboxylic acids is 1. The first kappa shape index (κ1) is 18.0. The molecule has 4 rings (SSSR count). The number of hydrogen-bond donors (Lipinski definition) is 1. The Morgan fingerprint density at radius 2 is 1.93 bits per heavy atom. The number of para-hydroxylation sites is 1. The lowest BCUT2D eigenvalue weighted by atomic mass is 9.78. The number of hydrogen-bond acceptors (Lipinski definition) is 4. The van der Waals surface area contributed by atoms with Crippen LogP contribution in [0.3, 0.4) is 0 Å². The number of aromatic nitrogens is 1. The van der Waals surface area contributed by atoms with Crippen molar-refractivity contribution in [2.75, 3.05) is 37.6 Å². The maximum absolute atomic E-state index is 13.0. The van der Waals surface area contributed by atoms with Gasteiger partial charge in [0.2, 0.25) is 5.91 Å². The second-order valence-corrected chi connectivity index (χ2v) is 7.86. The Balaban J connectivity index is 1.42. The van der Waals surface area contributed by atoms with E-state index in [-0.39, 0.29) is 5.91 Å². The fourth-order valence-corrected chi connectivity index (χ4v) is 4.31. The molecule has 0 aliphatic carbocycles. The number of pyridine rings is 1. The van der Waals surface area contributed by atoms with Gasteiger partial charge in [0.1, 0.15) is 0 Å². The monoisotopic (exact) mass is 364 g/mol. The maximum Gasteiger partial charge on any atom is 0.242 e. The molecule has 2 fully saturated rings. The lowest BCUT2D eigenvalue weighted by Crippen LogP contribution is -2.47. The number of rotatable bonds is 5. The van der Waals surface area contributed by atoms with Crippen LogP contribution >= 0.6 is 0 Å². The van der Waals surface area contributed by atoms with Crippen LogP contribution in [0.25, 0.3) is 0 Å². The average Bonchev–Trinajstić information content (AvgIpc) is 3.17. The molecule has 3 heterocycles. The standard InChI is InChI=1S/C22H28N4O/c27-21(25-13-9-22(10-14-25)8-12-24-18-22)17-26(20-6-2-1-3-7-20)16-19-5-4-11-23-15-19/h1-7,11,15,24H,8-10,12-14,16-18H2. The molecule has 1 N–H and O–H groups in total. The van der Waals surface area contributed by atoms with Gasteiger partial charge in [0.05, 0.1) is 6.54 Å². The van der Waals surface area contributed by atoms with Crippen LogP contribution in [0.4, 0.5) is 5.69 Å². The van der Waals surface area contributed by atoms with E-state index in [1.807, 2.05) is 30.5 Å². The average molecular weight is 364 g/mol. The molecule has 1 aromatic carbocycles. The lowest BCUT2D eigenvalue weighted by Gasteiger charge is -2.39. The Bertz CT molecular complexity index is 733. The van der Waals surface area contributed by atoms with Crippen molar-refractivity contribution in [3.63, 3.8) is 0 Å². The van der Waals surface area contributed by atoms with Crippen LogP contribution in [0.1, 0.15) is 24.8 Å². The molecule has 1 aromatic heterocycles. The molecule has 0 unspecified atom stereocenters. The Morgan fingerprint density at radius 3 is 2.59 bits per heavy atom. The molecule has 5 nitrogen and oxygen atoms in total. The molecule has 1 spiro atoms. The summed E-state index contributed by atoms with van der Waals surface area (Å²) in [5.41, 5.74) is 2.62.